The summed E-state index contributed by atoms with van der Waals surface area (Å²) in [6, 6.07) is 16.4. The molecule has 0 unspecified atom stereocenters. The highest BCUT2D eigenvalue weighted by Crippen LogP contribution is 2.38. The van der Waals surface area contributed by atoms with E-state index in [2.05, 4.69) is 37.2 Å². The number of hydrogen-bond donors (Lipinski definition) is 3. The van der Waals surface area contributed by atoms with Gasteiger partial charge >= 0.3 is 12.1 Å². The average molecular weight is 535 g/mol. The van der Waals surface area contributed by atoms with E-state index in [0.717, 1.165) is 16.8 Å². The van der Waals surface area contributed by atoms with Crippen LogP contribution in [0, 0.1) is 0 Å². The third-order valence-electron chi connectivity index (χ3n) is 4.29. The number of rotatable bonds is 6. The lowest BCUT2D eigenvalue weighted by molar-refractivity contribution is -0.131. The topological polar surface area (TPSA) is 95.9 Å². The summed E-state index contributed by atoms with van der Waals surface area (Å²) in [4.78, 5) is 23.4. The molecule has 0 spiro atoms. The lowest BCUT2D eigenvalue weighted by Gasteiger charge is -2.20. The number of aliphatic carboxylic acids is 1. The normalized spacial score (nSPS) is 12.1. The highest BCUT2D eigenvalue weighted by molar-refractivity contribution is 9.11. The van der Waals surface area contributed by atoms with Crippen molar-refractivity contribution in [2.45, 2.75) is 12.5 Å². The van der Waals surface area contributed by atoms with Crippen LogP contribution in [0.5, 0.6) is 5.75 Å². The van der Waals surface area contributed by atoms with E-state index < -0.39 is 18.2 Å². The predicted molar refractivity (Wildman–Crippen MR) is 122 cm³/mol. The molecule has 3 rings (SSSR count). The maximum Gasteiger partial charge on any atom is 0.412 e. The minimum absolute atomic E-state index is 0.0612. The largest absolute Gasteiger partial charge is 0.506 e. The Balaban J connectivity index is 1.87. The van der Waals surface area contributed by atoms with Crippen LogP contribution in [-0.4, -0.2) is 22.3 Å². The van der Waals surface area contributed by atoms with Gasteiger partial charge in [0.1, 0.15) is 11.9 Å². The molecular formula is C22H17Br2NO5. The van der Waals surface area contributed by atoms with Gasteiger partial charge in [-0.05, 0) is 39.5 Å². The van der Waals surface area contributed by atoms with Crippen LogP contribution in [0.1, 0.15) is 18.1 Å². The van der Waals surface area contributed by atoms with Gasteiger partial charge in [0.25, 0.3) is 0 Å². The summed E-state index contributed by atoms with van der Waals surface area (Å²) in [6.07, 6.45) is 0.751. The van der Waals surface area contributed by atoms with Crippen LogP contribution >= 0.6 is 31.9 Å². The van der Waals surface area contributed by atoms with Gasteiger partial charge in [0.15, 0.2) is 0 Å². The molecule has 0 heterocycles. The predicted octanol–water partition coefficient (Wildman–Crippen LogP) is 6.39. The minimum Gasteiger partial charge on any atom is -0.506 e. The fourth-order valence-electron chi connectivity index (χ4n) is 2.97. The van der Waals surface area contributed by atoms with Crippen molar-refractivity contribution in [1.29, 1.82) is 0 Å². The number of ether oxygens (including phenoxy) is 1. The number of carboxylic acids is 1. The second-order valence-corrected chi connectivity index (χ2v) is 8.12. The summed E-state index contributed by atoms with van der Waals surface area (Å²) in [5.41, 5.74) is 0.914. The number of phenols is 1. The fourth-order valence-corrected chi connectivity index (χ4v) is 4.22. The summed E-state index contributed by atoms with van der Waals surface area (Å²) in [5, 5.41) is 23.8. The maximum atomic E-state index is 12.6. The Morgan fingerprint density at radius 1 is 1.10 bits per heavy atom. The number of aromatic hydroxyl groups is 1. The van der Waals surface area contributed by atoms with E-state index in [4.69, 9.17) is 9.84 Å². The molecule has 154 valence electrons. The van der Waals surface area contributed by atoms with E-state index in [0.29, 0.717) is 20.2 Å². The molecule has 1 atom stereocenters. The first-order chi connectivity index (χ1) is 14.3. The number of phenolic OH excluding ortho intramolecular Hbond substituents is 1. The Hall–Kier alpha value is -2.84. The van der Waals surface area contributed by atoms with E-state index >= 15 is 0 Å². The first-order valence-electron chi connectivity index (χ1n) is 8.88. The second kappa shape index (κ2) is 9.77. The molecule has 0 fully saturated rings. The standard InChI is InChI=1S/C22H17Br2NO5/c23-14-11-16(21(28)17(24)12-14)19(9-4-10-20(26)27)30-22(29)25-18-8-3-6-13-5-1-2-7-15(13)18/h1-8,10-12,19,28H,9H2,(H,25,29)(H,26,27)/b10-4+/t19-/m1/s1. The number of anilines is 1. The monoisotopic (exact) mass is 533 g/mol. The van der Waals surface area contributed by atoms with E-state index in [1.165, 1.54) is 6.08 Å². The summed E-state index contributed by atoms with van der Waals surface area (Å²) in [5.74, 6) is -1.21. The van der Waals surface area contributed by atoms with Gasteiger partial charge in [-0.15, -0.1) is 0 Å². The van der Waals surface area contributed by atoms with Crippen LogP contribution in [0.25, 0.3) is 10.8 Å². The van der Waals surface area contributed by atoms with Gasteiger partial charge in [0.2, 0.25) is 0 Å². The van der Waals surface area contributed by atoms with Gasteiger partial charge in [-0.1, -0.05) is 58.4 Å². The van der Waals surface area contributed by atoms with E-state index in [9.17, 15) is 14.7 Å². The summed E-state index contributed by atoms with van der Waals surface area (Å²) < 4.78 is 6.64. The Kier molecular flexibility index (Phi) is 7.12. The van der Waals surface area contributed by atoms with Crippen molar-refractivity contribution in [3.63, 3.8) is 0 Å². The van der Waals surface area contributed by atoms with Crippen molar-refractivity contribution in [1.82, 2.24) is 0 Å². The number of carboxylic acid groups (broad SMARTS) is 1. The van der Waals surface area contributed by atoms with Gasteiger partial charge in [0.05, 0.1) is 10.2 Å². The van der Waals surface area contributed by atoms with Crippen LogP contribution in [0.3, 0.4) is 0 Å². The lowest BCUT2D eigenvalue weighted by Crippen LogP contribution is -2.18. The van der Waals surface area contributed by atoms with Crippen molar-refractivity contribution in [2.24, 2.45) is 0 Å². The van der Waals surface area contributed by atoms with Gasteiger partial charge in [0, 0.05) is 27.9 Å². The molecule has 3 N–H and O–H groups in total. The van der Waals surface area contributed by atoms with E-state index in [1.807, 2.05) is 36.4 Å². The van der Waals surface area contributed by atoms with Crippen molar-refractivity contribution < 1.29 is 24.5 Å². The van der Waals surface area contributed by atoms with Crippen LogP contribution in [0.2, 0.25) is 0 Å². The smallest absolute Gasteiger partial charge is 0.412 e. The van der Waals surface area contributed by atoms with Crippen molar-refractivity contribution in [3.8, 4) is 5.75 Å². The van der Waals surface area contributed by atoms with Gasteiger partial charge < -0.3 is 14.9 Å². The third-order valence-corrected chi connectivity index (χ3v) is 5.35. The molecule has 30 heavy (non-hydrogen) atoms. The number of carbonyl (C=O) groups is 2. The number of carbonyl (C=O) groups excluding carboxylic acids is 1. The van der Waals surface area contributed by atoms with Gasteiger partial charge in [-0.2, -0.15) is 0 Å². The Bertz CT molecular complexity index is 1120. The van der Waals surface area contributed by atoms with E-state index in [1.54, 1.807) is 18.2 Å². The van der Waals surface area contributed by atoms with Gasteiger partial charge in [-0.25, -0.2) is 9.59 Å². The van der Waals surface area contributed by atoms with Crippen LogP contribution in [-0.2, 0) is 9.53 Å². The molecule has 0 radical (unpaired) electrons. The van der Waals surface area contributed by atoms with Crippen LogP contribution in [0.4, 0.5) is 10.5 Å². The molecule has 6 nitrogen and oxygen atoms in total. The summed E-state index contributed by atoms with van der Waals surface area (Å²) in [7, 11) is 0. The van der Waals surface area contributed by atoms with Crippen molar-refractivity contribution in [3.05, 3.63) is 81.3 Å². The molecular weight excluding hydrogens is 518 g/mol. The molecule has 1 amide bonds. The molecule has 0 aliphatic rings. The number of benzene rings is 3. The number of hydrogen-bond acceptors (Lipinski definition) is 4. The molecule has 3 aromatic rings. The molecule has 3 aromatic carbocycles. The van der Waals surface area contributed by atoms with Crippen molar-refractivity contribution >= 4 is 60.4 Å². The summed E-state index contributed by atoms with van der Waals surface area (Å²) in [6.45, 7) is 0. The Morgan fingerprint density at radius 3 is 2.60 bits per heavy atom. The number of amides is 1. The molecule has 0 saturated carbocycles. The highest BCUT2D eigenvalue weighted by atomic mass is 79.9. The highest BCUT2D eigenvalue weighted by Gasteiger charge is 2.22. The average Bonchev–Trinajstić information content (AvgIpc) is 2.70. The molecule has 0 aliphatic carbocycles. The molecule has 0 aromatic heterocycles. The molecule has 0 saturated heterocycles. The number of nitrogens with one attached hydrogen (secondary N) is 1. The first-order valence-corrected chi connectivity index (χ1v) is 10.5. The zero-order valence-corrected chi connectivity index (χ0v) is 18.7. The maximum absolute atomic E-state index is 12.6. The third kappa shape index (κ3) is 5.40. The summed E-state index contributed by atoms with van der Waals surface area (Å²) >= 11 is 6.60. The Morgan fingerprint density at radius 2 is 1.83 bits per heavy atom. The van der Waals surface area contributed by atoms with E-state index in [-0.39, 0.29) is 12.2 Å². The SMILES string of the molecule is O=C(O)/C=C/C[C@@H](OC(=O)Nc1cccc2ccccc12)c1cc(Br)cc(Br)c1O. The molecule has 8 heteroatoms. The molecule has 0 aliphatic heterocycles. The number of halogens is 2. The van der Waals surface area contributed by atoms with Crippen molar-refractivity contribution in [2.75, 3.05) is 5.32 Å². The quantitative estimate of drug-likeness (QED) is 0.318. The first kappa shape index (κ1) is 21.9. The Labute approximate surface area is 189 Å². The zero-order valence-electron chi connectivity index (χ0n) is 15.5. The number of fused-ring (bicyclic) bond motifs is 1. The van der Waals surface area contributed by atoms with Crippen LogP contribution < -0.4 is 5.32 Å². The zero-order chi connectivity index (χ0) is 21.7. The molecule has 0 bridgehead atoms. The fraction of sp³-hybridized carbons (Fsp3) is 0.0909. The lowest BCUT2D eigenvalue weighted by atomic mass is 10.0. The second-order valence-electron chi connectivity index (χ2n) is 6.35. The van der Waals surface area contributed by atoms with Crippen LogP contribution in [0.15, 0.2) is 75.7 Å². The van der Waals surface area contributed by atoms with Gasteiger partial charge in [-0.3, -0.25) is 5.32 Å². The minimum atomic E-state index is -1.12.